The number of hydrogen-bond donors (Lipinski definition) is 1. The second kappa shape index (κ2) is 8.28. The molecule has 1 aromatic carbocycles. The summed E-state index contributed by atoms with van der Waals surface area (Å²) in [6.45, 7) is 6.58. The van der Waals surface area contributed by atoms with E-state index in [4.69, 9.17) is 0 Å². The lowest BCUT2D eigenvalue weighted by Crippen LogP contribution is -2.31. The summed E-state index contributed by atoms with van der Waals surface area (Å²) in [6.07, 6.45) is 6.35. The molecule has 21 heavy (non-hydrogen) atoms. The molecule has 3 heteroatoms. The van der Waals surface area contributed by atoms with Gasteiger partial charge in [0.15, 0.2) is 0 Å². The van der Waals surface area contributed by atoms with Gasteiger partial charge in [-0.15, -0.1) is 0 Å². The molecule has 2 rings (SSSR count). The van der Waals surface area contributed by atoms with Gasteiger partial charge in [-0.2, -0.15) is 0 Å². The molecule has 0 heterocycles. The molecule has 0 spiro atoms. The van der Waals surface area contributed by atoms with Gasteiger partial charge in [-0.1, -0.05) is 51.7 Å². The van der Waals surface area contributed by atoms with Crippen molar-refractivity contribution >= 4 is 15.9 Å². The number of hydrogen-bond acceptors (Lipinski definition) is 1. The van der Waals surface area contributed by atoms with Crippen LogP contribution in [0.15, 0.2) is 22.7 Å². The summed E-state index contributed by atoms with van der Waals surface area (Å²) in [7, 11) is 0. The lowest BCUT2D eigenvalue weighted by atomic mass is 9.85. The van der Waals surface area contributed by atoms with Crippen LogP contribution in [-0.2, 0) is 6.42 Å². The van der Waals surface area contributed by atoms with Gasteiger partial charge in [0.1, 0.15) is 5.82 Å². The van der Waals surface area contributed by atoms with Crippen molar-refractivity contribution in [3.05, 3.63) is 34.1 Å². The zero-order valence-corrected chi connectivity index (χ0v) is 14.8. The highest BCUT2D eigenvalue weighted by Crippen LogP contribution is 2.34. The number of rotatable bonds is 7. The molecule has 1 aliphatic carbocycles. The molecule has 1 saturated carbocycles. The Labute approximate surface area is 136 Å². The lowest BCUT2D eigenvalue weighted by molar-refractivity contribution is 0.315. The fourth-order valence-corrected chi connectivity index (χ4v) is 3.81. The van der Waals surface area contributed by atoms with E-state index in [1.165, 1.54) is 31.7 Å². The summed E-state index contributed by atoms with van der Waals surface area (Å²) in [4.78, 5) is 0. The van der Waals surface area contributed by atoms with Crippen molar-refractivity contribution in [1.82, 2.24) is 5.32 Å². The molecule has 0 aromatic heterocycles. The maximum absolute atomic E-state index is 13.7. The SMILES string of the molecule is CC(C)CNCC(Cc1cccc(F)c1Br)C1CCCC1. The van der Waals surface area contributed by atoms with E-state index in [9.17, 15) is 4.39 Å². The first kappa shape index (κ1) is 17.0. The number of benzene rings is 1. The standard InChI is InChI=1S/C18H27BrFN/c1-13(2)11-21-12-16(14-6-3-4-7-14)10-15-8-5-9-17(20)18(15)19/h5,8-9,13-14,16,21H,3-4,6-7,10-12H2,1-2H3. The third-order valence-corrected chi connectivity index (χ3v) is 5.43. The molecule has 0 bridgehead atoms. The predicted octanol–water partition coefficient (Wildman–Crippen LogP) is 5.18. The molecule has 1 N–H and O–H groups in total. The summed E-state index contributed by atoms with van der Waals surface area (Å²) in [5.74, 6) is 1.94. The van der Waals surface area contributed by atoms with Crippen molar-refractivity contribution in [2.45, 2.75) is 46.0 Å². The number of nitrogens with one attached hydrogen (secondary N) is 1. The first-order chi connectivity index (χ1) is 10.1. The zero-order valence-electron chi connectivity index (χ0n) is 13.2. The average molecular weight is 356 g/mol. The Kier molecular flexibility index (Phi) is 6.69. The van der Waals surface area contributed by atoms with Crippen LogP contribution in [0.4, 0.5) is 4.39 Å². The van der Waals surface area contributed by atoms with E-state index in [0.717, 1.165) is 31.0 Å². The monoisotopic (exact) mass is 355 g/mol. The average Bonchev–Trinajstić information content (AvgIpc) is 2.96. The Bertz CT molecular complexity index is 441. The maximum Gasteiger partial charge on any atom is 0.137 e. The van der Waals surface area contributed by atoms with E-state index in [0.29, 0.717) is 16.3 Å². The zero-order chi connectivity index (χ0) is 15.2. The van der Waals surface area contributed by atoms with E-state index in [-0.39, 0.29) is 5.82 Å². The third kappa shape index (κ3) is 5.07. The van der Waals surface area contributed by atoms with Crippen molar-refractivity contribution in [3.63, 3.8) is 0 Å². The molecule has 1 atom stereocenters. The van der Waals surface area contributed by atoms with E-state index in [2.05, 4.69) is 41.2 Å². The summed E-state index contributed by atoms with van der Waals surface area (Å²) >= 11 is 3.41. The van der Waals surface area contributed by atoms with Crippen LogP contribution in [0.25, 0.3) is 0 Å². The third-order valence-electron chi connectivity index (χ3n) is 4.54. The van der Waals surface area contributed by atoms with Crippen molar-refractivity contribution in [2.24, 2.45) is 17.8 Å². The normalized spacial score (nSPS) is 17.6. The Morgan fingerprint density at radius 2 is 1.95 bits per heavy atom. The fraction of sp³-hybridized carbons (Fsp3) is 0.667. The smallest absolute Gasteiger partial charge is 0.137 e. The molecular weight excluding hydrogens is 329 g/mol. The minimum atomic E-state index is -0.146. The van der Waals surface area contributed by atoms with Crippen LogP contribution in [0.5, 0.6) is 0 Å². The van der Waals surface area contributed by atoms with Gasteiger partial charge in [0, 0.05) is 0 Å². The van der Waals surface area contributed by atoms with Gasteiger partial charge in [-0.25, -0.2) is 4.39 Å². The Morgan fingerprint density at radius 1 is 1.24 bits per heavy atom. The molecule has 0 amide bonds. The molecule has 0 radical (unpaired) electrons. The molecule has 1 aromatic rings. The van der Waals surface area contributed by atoms with Gasteiger partial charge < -0.3 is 5.32 Å². The first-order valence-electron chi connectivity index (χ1n) is 8.21. The van der Waals surface area contributed by atoms with Crippen molar-refractivity contribution in [2.75, 3.05) is 13.1 Å². The molecule has 1 aliphatic rings. The molecule has 0 saturated heterocycles. The largest absolute Gasteiger partial charge is 0.316 e. The summed E-state index contributed by atoms with van der Waals surface area (Å²) in [6, 6.07) is 5.40. The lowest BCUT2D eigenvalue weighted by Gasteiger charge is -2.25. The second-order valence-corrected chi connectivity index (χ2v) is 7.57. The van der Waals surface area contributed by atoms with Gasteiger partial charge in [0.2, 0.25) is 0 Å². The summed E-state index contributed by atoms with van der Waals surface area (Å²) in [5.41, 5.74) is 1.11. The van der Waals surface area contributed by atoms with Gasteiger partial charge in [-0.3, -0.25) is 0 Å². The Balaban J connectivity index is 2.02. The van der Waals surface area contributed by atoms with Crippen molar-refractivity contribution < 1.29 is 4.39 Å². The molecule has 0 aliphatic heterocycles. The molecule has 118 valence electrons. The topological polar surface area (TPSA) is 12.0 Å². The minimum absolute atomic E-state index is 0.146. The highest BCUT2D eigenvalue weighted by Gasteiger charge is 2.25. The second-order valence-electron chi connectivity index (χ2n) is 6.77. The number of halogens is 2. The highest BCUT2D eigenvalue weighted by molar-refractivity contribution is 9.10. The summed E-state index contributed by atoms with van der Waals surface area (Å²) in [5, 5.41) is 3.61. The first-order valence-corrected chi connectivity index (χ1v) is 9.00. The van der Waals surface area contributed by atoms with Crippen LogP contribution in [0.2, 0.25) is 0 Å². The van der Waals surface area contributed by atoms with Crippen LogP contribution in [0, 0.1) is 23.6 Å². The Hall–Kier alpha value is -0.410. The minimum Gasteiger partial charge on any atom is -0.316 e. The quantitative estimate of drug-likeness (QED) is 0.710. The van der Waals surface area contributed by atoms with Crippen molar-refractivity contribution in [3.8, 4) is 0 Å². The summed E-state index contributed by atoms with van der Waals surface area (Å²) < 4.78 is 14.4. The van der Waals surface area contributed by atoms with Gasteiger partial charge in [0.05, 0.1) is 4.47 Å². The van der Waals surface area contributed by atoms with Crippen LogP contribution in [-0.4, -0.2) is 13.1 Å². The van der Waals surface area contributed by atoms with Crippen LogP contribution in [0.3, 0.4) is 0 Å². The highest BCUT2D eigenvalue weighted by atomic mass is 79.9. The van der Waals surface area contributed by atoms with Gasteiger partial charge in [-0.05, 0) is 64.8 Å². The van der Waals surface area contributed by atoms with Crippen LogP contribution >= 0.6 is 15.9 Å². The molecular formula is C18H27BrFN. The van der Waals surface area contributed by atoms with Gasteiger partial charge in [0.25, 0.3) is 0 Å². The van der Waals surface area contributed by atoms with Crippen LogP contribution in [0.1, 0.15) is 45.1 Å². The van der Waals surface area contributed by atoms with E-state index in [1.807, 2.05) is 6.07 Å². The molecule has 1 nitrogen and oxygen atoms in total. The molecule has 1 fully saturated rings. The maximum atomic E-state index is 13.7. The predicted molar refractivity (Wildman–Crippen MR) is 91.0 cm³/mol. The fourth-order valence-electron chi connectivity index (χ4n) is 3.38. The van der Waals surface area contributed by atoms with Crippen LogP contribution < -0.4 is 5.32 Å². The van der Waals surface area contributed by atoms with E-state index in [1.54, 1.807) is 0 Å². The van der Waals surface area contributed by atoms with E-state index < -0.39 is 0 Å². The van der Waals surface area contributed by atoms with Gasteiger partial charge >= 0.3 is 0 Å². The Morgan fingerprint density at radius 3 is 2.62 bits per heavy atom. The van der Waals surface area contributed by atoms with E-state index >= 15 is 0 Å². The van der Waals surface area contributed by atoms with Crippen molar-refractivity contribution in [1.29, 1.82) is 0 Å². The molecule has 1 unspecified atom stereocenters.